The summed E-state index contributed by atoms with van der Waals surface area (Å²) in [6, 6.07) is 1.09. The lowest BCUT2D eigenvalue weighted by molar-refractivity contribution is -0.135. The first-order valence-electron chi connectivity index (χ1n) is 6.53. The molecule has 2 bridgehead atoms. The second-order valence-corrected chi connectivity index (χ2v) is 5.95. The molecule has 2 atom stereocenters. The average molecular weight is 224 g/mol. The van der Waals surface area contributed by atoms with Crippen molar-refractivity contribution in [1.82, 2.24) is 9.80 Å². The Balaban J connectivity index is 2.04. The van der Waals surface area contributed by atoms with Crippen LogP contribution in [-0.4, -0.2) is 47.4 Å². The van der Waals surface area contributed by atoms with Gasteiger partial charge in [-0.1, -0.05) is 13.8 Å². The summed E-state index contributed by atoms with van der Waals surface area (Å²) in [4.78, 5) is 16.7. The number of likely N-dealkylation sites (tertiary alicyclic amines) is 2. The number of amides is 1. The molecular formula is C13H24N2O. The van der Waals surface area contributed by atoms with Crippen molar-refractivity contribution in [3.05, 3.63) is 0 Å². The van der Waals surface area contributed by atoms with Crippen LogP contribution in [0.3, 0.4) is 0 Å². The maximum absolute atomic E-state index is 12.1. The first-order chi connectivity index (χ1) is 7.49. The number of nitrogens with zero attached hydrogens (tertiary/aromatic N) is 2. The fraction of sp³-hybridized carbons (Fsp3) is 0.923. The van der Waals surface area contributed by atoms with Gasteiger partial charge in [0.2, 0.25) is 5.91 Å². The summed E-state index contributed by atoms with van der Waals surface area (Å²) in [6.07, 6.45) is 1.22. The highest BCUT2D eigenvalue weighted by atomic mass is 16.2. The Hall–Kier alpha value is -0.570. The van der Waals surface area contributed by atoms with Crippen LogP contribution in [0.1, 0.15) is 34.1 Å². The summed E-state index contributed by atoms with van der Waals surface area (Å²) in [6.45, 7) is 11.8. The molecule has 2 aliphatic heterocycles. The predicted molar refractivity (Wildman–Crippen MR) is 65.2 cm³/mol. The minimum atomic E-state index is 0.145. The Labute approximate surface area is 98.8 Å². The van der Waals surface area contributed by atoms with Gasteiger partial charge in [0, 0.05) is 37.6 Å². The van der Waals surface area contributed by atoms with Crippen LogP contribution in [-0.2, 0) is 4.79 Å². The van der Waals surface area contributed by atoms with Crippen molar-refractivity contribution in [3.63, 3.8) is 0 Å². The topological polar surface area (TPSA) is 23.6 Å². The predicted octanol–water partition coefficient (Wildman–Crippen LogP) is 1.58. The highest BCUT2D eigenvalue weighted by molar-refractivity contribution is 5.78. The van der Waals surface area contributed by atoms with Gasteiger partial charge in [-0.05, 0) is 26.2 Å². The first kappa shape index (κ1) is 11.9. The molecule has 0 aromatic heterocycles. The van der Waals surface area contributed by atoms with E-state index in [1.807, 2.05) is 13.8 Å². The van der Waals surface area contributed by atoms with Gasteiger partial charge in [0.15, 0.2) is 0 Å². The Morgan fingerprint density at radius 3 is 2.38 bits per heavy atom. The molecule has 2 saturated heterocycles. The van der Waals surface area contributed by atoms with E-state index in [0.29, 0.717) is 23.9 Å². The van der Waals surface area contributed by atoms with Gasteiger partial charge in [0.25, 0.3) is 0 Å². The maximum atomic E-state index is 12.1. The van der Waals surface area contributed by atoms with Crippen molar-refractivity contribution in [1.29, 1.82) is 0 Å². The van der Waals surface area contributed by atoms with E-state index in [0.717, 1.165) is 13.1 Å². The van der Waals surface area contributed by atoms with Crippen molar-refractivity contribution in [2.45, 2.75) is 46.2 Å². The third kappa shape index (κ3) is 2.10. The van der Waals surface area contributed by atoms with Gasteiger partial charge in [0.1, 0.15) is 0 Å². The minimum Gasteiger partial charge on any atom is -0.338 e. The summed E-state index contributed by atoms with van der Waals surface area (Å²) in [5, 5.41) is 0. The molecule has 0 aliphatic carbocycles. The Bertz CT molecular complexity index is 275. The molecule has 3 heteroatoms. The van der Waals surface area contributed by atoms with Crippen LogP contribution >= 0.6 is 0 Å². The smallest absolute Gasteiger partial charge is 0.225 e. The number of carbonyl (C=O) groups is 1. The number of rotatable bonds is 2. The maximum Gasteiger partial charge on any atom is 0.225 e. The third-order valence-corrected chi connectivity index (χ3v) is 3.95. The van der Waals surface area contributed by atoms with Crippen molar-refractivity contribution < 1.29 is 4.79 Å². The lowest BCUT2D eigenvalue weighted by atomic mass is 9.99. The zero-order valence-electron chi connectivity index (χ0n) is 10.9. The van der Waals surface area contributed by atoms with Crippen molar-refractivity contribution in [2.24, 2.45) is 11.8 Å². The highest BCUT2D eigenvalue weighted by Crippen LogP contribution is 2.31. The summed E-state index contributed by atoms with van der Waals surface area (Å²) in [5.74, 6) is 1.20. The second-order valence-electron chi connectivity index (χ2n) is 5.95. The molecule has 2 unspecified atom stereocenters. The van der Waals surface area contributed by atoms with E-state index in [2.05, 4.69) is 23.6 Å². The molecule has 0 N–H and O–H groups in total. The van der Waals surface area contributed by atoms with Crippen molar-refractivity contribution in [3.8, 4) is 0 Å². The van der Waals surface area contributed by atoms with E-state index >= 15 is 0 Å². The summed E-state index contributed by atoms with van der Waals surface area (Å²) in [5.41, 5.74) is 0. The molecule has 3 nitrogen and oxygen atoms in total. The zero-order chi connectivity index (χ0) is 11.9. The van der Waals surface area contributed by atoms with Gasteiger partial charge in [-0.3, -0.25) is 9.69 Å². The van der Waals surface area contributed by atoms with Crippen LogP contribution in [0.4, 0.5) is 0 Å². The van der Waals surface area contributed by atoms with E-state index < -0.39 is 0 Å². The van der Waals surface area contributed by atoms with Crippen LogP contribution in [0.25, 0.3) is 0 Å². The van der Waals surface area contributed by atoms with Crippen LogP contribution < -0.4 is 0 Å². The van der Waals surface area contributed by atoms with E-state index in [-0.39, 0.29) is 5.92 Å². The first-order valence-corrected chi connectivity index (χ1v) is 6.53. The molecule has 0 radical (unpaired) electrons. The molecule has 0 saturated carbocycles. The van der Waals surface area contributed by atoms with Gasteiger partial charge >= 0.3 is 0 Å². The summed E-state index contributed by atoms with van der Waals surface area (Å²) < 4.78 is 0. The lowest BCUT2D eigenvalue weighted by Crippen LogP contribution is -2.47. The molecule has 0 aromatic carbocycles. The SMILES string of the molecule is CC(C)C(=O)N1CC2CC1CN(C(C)C)C2. The van der Waals surface area contributed by atoms with Crippen LogP contribution in [0.2, 0.25) is 0 Å². The molecule has 2 aliphatic rings. The summed E-state index contributed by atoms with van der Waals surface area (Å²) >= 11 is 0. The number of hydrogen-bond donors (Lipinski definition) is 0. The van der Waals surface area contributed by atoms with Crippen LogP contribution in [0, 0.1) is 11.8 Å². The molecule has 16 heavy (non-hydrogen) atoms. The molecule has 1 amide bonds. The number of piperidine rings is 1. The molecule has 0 aromatic rings. The minimum absolute atomic E-state index is 0.145. The van der Waals surface area contributed by atoms with E-state index in [1.165, 1.54) is 13.0 Å². The molecule has 2 heterocycles. The van der Waals surface area contributed by atoms with Crippen LogP contribution in [0.15, 0.2) is 0 Å². The second kappa shape index (κ2) is 4.36. The average Bonchev–Trinajstić information content (AvgIpc) is 2.52. The summed E-state index contributed by atoms with van der Waals surface area (Å²) in [7, 11) is 0. The number of hydrogen-bond acceptors (Lipinski definition) is 2. The standard InChI is InChI=1S/C13H24N2O/c1-9(2)13(16)15-7-11-5-12(15)8-14(6-11)10(3)4/h9-12H,5-8H2,1-4H3. The largest absolute Gasteiger partial charge is 0.338 e. The van der Waals surface area contributed by atoms with Crippen LogP contribution in [0.5, 0.6) is 0 Å². The van der Waals surface area contributed by atoms with Gasteiger partial charge in [-0.2, -0.15) is 0 Å². The Kier molecular flexibility index (Phi) is 3.24. The molecular weight excluding hydrogens is 200 g/mol. The molecule has 0 spiro atoms. The fourth-order valence-corrected chi connectivity index (χ4v) is 3.02. The van der Waals surface area contributed by atoms with Crippen molar-refractivity contribution in [2.75, 3.05) is 19.6 Å². The normalized spacial score (nSPS) is 30.5. The van der Waals surface area contributed by atoms with Crippen molar-refractivity contribution >= 4 is 5.91 Å². The fourth-order valence-electron chi connectivity index (χ4n) is 3.02. The highest BCUT2D eigenvalue weighted by Gasteiger charge is 2.41. The molecule has 2 fully saturated rings. The lowest BCUT2D eigenvalue weighted by Gasteiger charge is -2.35. The van der Waals surface area contributed by atoms with Gasteiger partial charge in [-0.25, -0.2) is 0 Å². The van der Waals surface area contributed by atoms with E-state index in [9.17, 15) is 4.79 Å². The number of carbonyl (C=O) groups excluding carboxylic acids is 1. The van der Waals surface area contributed by atoms with Gasteiger partial charge in [-0.15, -0.1) is 0 Å². The quantitative estimate of drug-likeness (QED) is 0.711. The number of fused-ring (bicyclic) bond motifs is 2. The Morgan fingerprint density at radius 2 is 1.81 bits per heavy atom. The zero-order valence-corrected chi connectivity index (χ0v) is 10.9. The Morgan fingerprint density at radius 1 is 1.12 bits per heavy atom. The molecule has 92 valence electrons. The molecule has 2 rings (SSSR count). The van der Waals surface area contributed by atoms with Gasteiger partial charge in [0.05, 0.1) is 0 Å². The van der Waals surface area contributed by atoms with E-state index in [4.69, 9.17) is 0 Å². The van der Waals surface area contributed by atoms with Gasteiger partial charge < -0.3 is 4.90 Å². The van der Waals surface area contributed by atoms with E-state index in [1.54, 1.807) is 0 Å². The third-order valence-electron chi connectivity index (χ3n) is 3.95. The monoisotopic (exact) mass is 224 g/mol.